The zero-order valence-electron chi connectivity index (χ0n) is 14.7. The standard InChI is InChI=1S/C18H25F3N2O3/c19-18(20,21)6-2-10-26-16-4-1-3-15(13-16)5-7-22-14-17(24)23-8-11-25-12-9-23/h1,3-4,13,22H,2,5-12,14H2. The molecular formula is C18H25F3N2O3. The van der Waals surface area contributed by atoms with E-state index in [1.54, 1.807) is 11.0 Å². The molecule has 1 saturated heterocycles. The topological polar surface area (TPSA) is 50.8 Å². The lowest BCUT2D eigenvalue weighted by atomic mass is 10.1. The van der Waals surface area contributed by atoms with Crippen molar-refractivity contribution in [3.63, 3.8) is 0 Å². The summed E-state index contributed by atoms with van der Waals surface area (Å²) in [5.41, 5.74) is 1.00. The molecule has 0 aliphatic carbocycles. The number of morpholine rings is 1. The van der Waals surface area contributed by atoms with Crippen molar-refractivity contribution < 1.29 is 27.4 Å². The van der Waals surface area contributed by atoms with Gasteiger partial charge in [-0.2, -0.15) is 13.2 Å². The van der Waals surface area contributed by atoms with Gasteiger partial charge in [0.15, 0.2) is 0 Å². The van der Waals surface area contributed by atoms with Crippen LogP contribution >= 0.6 is 0 Å². The number of nitrogens with zero attached hydrogens (tertiary/aromatic N) is 1. The molecule has 2 rings (SSSR count). The average Bonchev–Trinajstić information content (AvgIpc) is 2.62. The number of carbonyl (C=O) groups excluding carboxylic acids is 1. The molecule has 5 nitrogen and oxygen atoms in total. The molecule has 0 saturated carbocycles. The van der Waals surface area contributed by atoms with Crippen molar-refractivity contribution in [2.45, 2.75) is 25.4 Å². The van der Waals surface area contributed by atoms with Crippen molar-refractivity contribution in [3.05, 3.63) is 29.8 Å². The van der Waals surface area contributed by atoms with Crippen LogP contribution in [0.5, 0.6) is 5.75 Å². The second-order valence-corrected chi connectivity index (χ2v) is 6.13. The smallest absolute Gasteiger partial charge is 0.389 e. The van der Waals surface area contributed by atoms with Crippen molar-refractivity contribution in [3.8, 4) is 5.75 Å². The maximum atomic E-state index is 12.1. The first-order valence-corrected chi connectivity index (χ1v) is 8.79. The normalized spacial score (nSPS) is 15.1. The Morgan fingerprint density at radius 1 is 1.27 bits per heavy atom. The highest BCUT2D eigenvalue weighted by Crippen LogP contribution is 2.21. The molecule has 8 heteroatoms. The van der Waals surface area contributed by atoms with Crippen LogP contribution in [0.2, 0.25) is 0 Å². The van der Waals surface area contributed by atoms with Crippen molar-refractivity contribution in [1.82, 2.24) is 10.2 Å². The Hall–Kier alpha value is -1.80. The first-order valence-electron chi connectivity index (χ1n) is 8.79. The Kier molecular flexibility index (Phi) is 8.18. The van der Waals surface area contributed by atoms with Crippen molar-refractivity contribution in [1.29, 1.82) is 0 Å². The van der Waals surface area contributed by atoms with E-state index < -0.39 is 12.6 Å². The highest BCUT2D eigenvalue weighted by Gasteiger charge is 2.26. The molecule has 1 aliphatic rings. The Bertz CT molecular complexity index is 561. The number of carbonyl (C=O) groups is 1. The summed E-state index contributed by atoms with van der Waals surface area (Å²) in [6.45, 7) is 3.39. The summed E-state index contributed by atoms with van der Waals surface area (Å²) in [5.74, 6) is 0.629. The van der Waals surface area contributed by atoms with E-state index in [9.17, 15) is 18.0 Å². The molecule has 1 aromatic rings. The van der Waals surface area contributed by atoms with Crippen LogP contribution in [-0.4, -0.2) is 63.0 Å². The van der Waals surface area contributed by atoms with E-state index >= 15 is 0 Å². The van der Waals surface area contributed by atoms with E-state index in [1.807, 2.05) is 18.2 Å². The largest absolute Gasteiger partial charge is 0.494 e. The third kappa shape index (κ3) is 8.05. The summed E-state index contributed by atoms with van der Waals surface area (Å²) in [7, 11) is 0. The minimum atomic E-state index is -4.14. The minimum Gasteiger partial charge on any atom is -0.494 e. The Morgan fingerprint density at radius 3 is 2.77 bits per heavy atom. The highest BCUT2D eigenvalue weighted by molar-refractivity contribution is 5.78. The maximum Gasteiger partial charge on any atom is 0.389 e. The molecule has 0 aromatic heterocycles. The third-order valence-corrected chi connectivity index (χ3v) is 4.00. The number of hydrogen-bond donors (Lipinski definition) is 1. The molecule has 26 heavy (non-hydrogen) atoms. The molecule has 1 aromatic carbocycles. The number of hydrogen-bond acceptors (Lipinski definition) is 4. The van der Waals surface area contributed by atoms with Gasteiger partial charge in [0.25, 0.3) is 0 Å². The monoisotopic (exact) mass is 374 g/mol. The van der Waals surface area contributed by atoms with Crippen LogP contribution in [0.1, 0.15) is 18.4 Å². The summed E-state index contributed by atoms with van der Waals surface area (Å²) >= 11 is 0. The van der Waals surface area contributed by atoms with Crippen LogP contribution in [0, 0.1) is 0 Å². The zero-order chi connectivity index (χ0) is 18.8. The molecule has 0 spiro atoms. The third-order valence-electron chi connectivity index (χ3n) is 4.00. The summed E-state index contributed by atoms with van der Waals surface area (Å²) in [4.78, 5) is 13.8. The summed E-state index contributed by atoms with van der Waals surface area (Å²) < 4.78 is 46.9. The van der Waals surface area contributed by atoms with E-state index in [4.69, 9.17) is 9.47 Å². The quantitative estimate of drug-likeness (QED) is 0.675. The van der Waals surface area contributed by atoms with E-state index in [1.165, 1.54) is 0 Å². The molecule has 1 fully saturated rings. The number of alkyl halides is 3. The number of nitrogens with one attached hydrogen (secondary N) is 1. The lowest BCUT2D eigenvalue weighted by Gasteiger charge is -2.26. The first kappa shape index (κ1) is 20.5. The fourth-order valence-electron chi connectivity index (χ4n) is 2.61. The van der Waals surface area contributed by atoms with Gasteiger partial charge in [-0.1, -0.05) is 12.1 Å². The number of amides is 1. The van der Waals surface area contributed by atoms with Gasteiger partial charge in [-0.25, -0.2) is 0 Å². The summed E-state index contributed by atoms with van der Waals surface area (Å²) in [6, 6.07) is 7.28. The minimum absolute atomic E-state index is 0.0370. The molecule has 1 amide bonds. The second-order valence-electron chi connectivity index (χ2n) is 6.13. The number of benzene rings is 1. The SMILES string of the molecule is O=C(CNCCc1cccc(OCCCC(F)(F)F)c1)N1CCOCC1. The lowest BCUT2D eigenvalue weighted by Crippen LogP contribution is -2.44. The molecule has 0 bridgehead atoms. The highest BCUT2D eigenvalue weighted by atomic mass is 19.4. The Balaban J connectivity index is 1.64. The van der Waals surface area contributed by atoms with Crippen LogP contribution in [0.15, 0.2) is 24.3 Å². The van der Waals surface area contributed by atoms with Gasteiger partial charge in [0.1, 0.15) is 5.75 Å². The average molecular weight is 374 g/mol. The number of rotatable bonds is 9. The van der Waals surface area contributed by atoms with Gasteiger partial charge < -0.3 is 19.7 Å². The van der Waals surface area contributed by atoms with E-state index in [0.717, 1.165) is 5.56 Å². The summed E-state index contributed by atoms with van der Waals surface area (Å²) in [6.07, 6.45) is -4.33. The van der Waals surface area contributed by atoms with Crippen LogP contribution in [0.25, 0.3) is 0 Å². The maximum absolute atomic E-state index is 12.1. The number of halogens is 3. The summed E-state index contributed by atoms with van der Waals surface area (Å²) in [5, 5.41) is 3.12. The molecule has 146 valence electrons. The lowest BCUT2D eigenvalue weighted by molar-refractivity contribution is -0.136. The predicted molar refractivity (Wildman–Crippen MR) is 91.2 cm³/mol. The van der Waals surface area contributed by atoms with Crippen molar-refractivity contribution in [2.24, 2.45) is 0 Å². The predicted octanol–water partition coefficient (Wildman–Crippen LogP) is 2.40. The van der Waals surface area contributed by atoms with E-state index in [0.29, 0.717) is 45.0 Å². The second kappa shape index (κ2) is 10.4. The van der Waals surface area contributed by atoms with Crippen molar-refractivity contribution in [2.75, 3.05) is 46.0 Å². The first-order chi connectivity index (χ1) is 12.4. The molecule has 0 unspecified atom stereocenters. The van der Waals surface area contributed by atoms with Gasteiger partial charge in [-0.3, -0.25) is 4.79 Å². The Labute approximate surface area is 151 Å². The van der Waals surface area contributed by atoms with Crippen LogP contribution in [-0.2, 0) is 16.0 Å². The molecule has 0 atom stereocenters. The van der Waals surface area contributed by atoms with Crippen molar-refractivity contribution >= 4 is 5.91 Å². The van der Waals surface area contributed by atoms with E-state index in [-0.39, 0.29) is 25.5 Å². The molecule has 1 aliphatic heterocycles. The van der Waals surface area contributed by atoms with Gasteiger partial charge in [0.2, 0.25) is 5.91 Å². The fraction of sp³-hybridized carbons (Fsp3) is 0.611. The number of ether oxygens (including phenoxy) is 2. The van der Waals surface area contributed by atoms with Gasteiger partial charge in [-0.15, -0.1) is 0 Å². The van der Waals surface area contributed by atoms with Gasteiger partial charge in [0, 0.05) is 19.5 Å². The van der Waals surface area contributed by atoms with Crippen LogP contribution in [0.4, 0.5) is 13.2 Å². The molecule has 1 heterocycles. The Morgan fingerprint density at radius 2 is 2.04 bits per heavy atom. The molecule has 1 N–H and O–H groups in total. The zero-order valence-corrected chi connectivity index (χ0v) is 14.7. The van der Waals surface area contributed by atoms with Gasteiger partial charge in [-0.05, 0) is 37.1 Å². The van der Waals surface area contributed by atoms with Gasteiger partial charge >= 0.3 is 6.18 Å². The van der Waals surface area contributed by atoms with Gasteiger partial charge in [0.05, 0.1) is 26.4 Å². The van der Waals surface area contributed by atoms with Crippen LogP contribution < -0.4 is 10.1 Å². The molecule has 0 radical (unpaired) electrons. The fourth-order valence-corrected chi connectivity index (χ4v) is 2.61. The molecular weight excluding hydrogens is 349 g/mol. The van der Waals surface area contributed by atoms with E-state index in [2.05, 4.69) is 5.32 Å². The van der Waals surface area contributed by atoms with Crippen LogP contribution in [0.3, 0.4) is 0 Å².